The number of nitrogens with zero attached hydrogens (tertiary/aromatic N) is 1. The number of hydrogen-bond acceptors (Lipinski definition) is 5. The summed E-state index contributed by atoms with van der Waals surface area (Å²) in [6.07, 6.45) is 2.87. The number of rotatable bonds is 4. The molecular formula is C10H7BrN2O4S2. The van der Waals surface area contributed by atoms with Crippen LogP contribution in [0.3, 0.4) is 0 Å². The molecule has 6 nitrogen and oxygen atoms in total. The molecule has 0 saturated carbocycles. The average Bonchev–Trinajstić information content (AvgIpc) is 2.73. The van der Waals surface area contributed by atoms with E-state index < -0.39 is 16.0 Å². The SMILES string of the molecule is O=C(O)c1cc(S(=O)(=O)Nc2cccnc2)c(Br)s1. The lowest BCUT2D eigenvalue weighted by molar-refractivity contribution is 0.0702. The second-order valence-electron chi connectivity index (χ2n) is 3.40. The fourth-order valence-corrected chi connectivity index (χ4v) is 4.72. The second kappa shape index (κ2) is 5.27. The van der Waals surface area contributed by atoms with E-state index in [4.69, 9.17) is 5.11 Å². The largest absolute Gasteiger partial charge is 0.477 e. The Morgan fingerprint density at radius 2 is 2.21 bits per heavy atom. The van der Waals surface area contributed by atoms with Crippen LogP contribution in [-0.2, 0) is 10.0 Å². The van der Waals surface area contributed by atoms with Crippen molar-refractivity contribution in [2.45, 2.75) is 4.90 Å². The number of thiophene rings is 1. The van der Waals surface area contributed by atoms with Crippen LogP contribution in [0.2, 0.25) is 0 Å². The quantitative estimate of drug-likeness (QED) is 0.870. The third kappa shape index (κ3) is 3.11. The van der Waals surface area contributed by atoms with Crippen molar-refractivity contribution in [3.8, 4) is 0 Å². The molecule has 0 bridgehead atoms. The van der Waals surface area contributed by atoms with E-state index in [2.05, 4.69) is 25.6 Å². The molecule has 2 N–H and O–H groups in total. The molecular weight excluding hydrogens is 356 g/mol. The molecule has 0 radical (unpaired) electrons. The highest BCUT2D eigenvalue weighted by Crippen LogP contribution is 2.32. The van der Waals surface area contributed by atoms with E-state index in [0.717, 1.165) is 17.4 Å². The van der Waals surface area contributed by atoms with Crippen LogP contribution < -0.4 is 4.72 Å². The standard InChI is InChI=1S/C10H7BrN2O4S2/c11-9-8(4-7(18-9)10(14)15)19(16,17)13-6-2-1-3-12-5-6/h1-5,13H,(H,14,15). The summed E-state index contributed by atoms with van der Waals surface area (Å²) in [6, 6.07) is 4.24. The van der Waals surface area contributed by atoms with Gasteiger partial charge in [-0.3, -0.25) is 9.71 Å². The van der Waals surface area contributed by atoms with Gasteiger partial charge < -0.3 is 5.11 Å². The van der Waals surface area contributed by atoms with Crippen molar-refractivity contribution in [2.24, 2.45) is 0 Å². The van der Waals surface area contributed by atoms with E-state index in [0.29, 0.717) is 5.69 Å². The number of pyridine rings is 1. The van der Waals surface area contributed by atoms with Crippen LogP contribution in [0.1, 0.15) is 9.67 Å². The van der Waals surface area contributed by atoms with Crippen molar-refractivity contribution >= 4 is 48.9 Å². The molecule has 2 aromatic rings. The molecule has 2 heterocycles. The van der Waals surface area contributed by atoms with Crippen LogP contribution in [0.15, 0.2) is 39.3 Å². The number of carbonyl (C=O) groups is 1. The van der Waals surface area contributed by atoms with Gasteiger partial charge in [0.05, 0.1) is 15.7 Å². The van der Waals surface area contributed by atoms with Gasteiger partial charge in [0.1, 0.15) is 9.77 Å². The number of anilines is 1. The summed E-state index contributed by atoms with van der Waals surface area (Å²) in [5, 5.41) is 8.84. The van der Waals surface area contributed by atoms with E-state index in [1.165, 1.54) is 12.4 Å². The Morgan fingerprint density at radius 3 is 2.74 bits per heavy atom. The Bertz CT molecular complexity index is 712. The first kappa shape index (κ1) is 14.0. The van der Waals surface area contributed by atoms with Crippen LogP contribution in [0.5, 0.6) is 0 Å². The number of aromatic carboxylic acids is 1. The van der Waals surface area contributed by atoms with Gasteiger partial charge in [-0.2, -0.15) is 0 Å². The highest BCUT2D eigenvalue weighted by Gasteiger charge is 2.23. The molecule has 0 atom stereocenters. The fraction of sp³-hybridized carbons (Fsp3) is 0. The normalized spacial score (nSPS) is 11.2. The monoisotopic (exact) mass is 362 g/mol. The van der Waals surface area contributed by atoms with Crippen molar-refractivity contribution < 1.29 is 18.3 Å². The Morgan fingerprint density at radius 1 is 1.47 bits per heavy atom. The Labute approximate surface area is 121 Å². The van der Waals surface area contributed by atoms with Gasteiger partial charge in [-0.15, -0.1) is 11.3 Å². The number of carboxylic acid groups (broad SMARTS) is 1. The summed E-state index contributed by atoms with van der Waals surface area (Å²) in [4.78, 5) is 14.4. The van der Waals surface area contributed by atoms with Crippen molar-refractivity contribution in [3.05, 3.63) is 39.3 Å². The molecule has 0 aromatic carbocycles. The minimum Gasteiger partial charge on any atom is -0.477 e. The number of hydrogen-bond donors (Lipinski definition) is 2. The first-order valence-electron chi connectivity index (χ1n) is 4.85. The zero-order valence-corrected chi connectivity index (χ0v) is 12.4. The van der Waals surface area contributed by atoms with Gasteiger partial charge in [-0.05, 0) is 34.1 Å². The molecule has 2 aromatic heterocycles. The number of carboxylic acids is 1. The number of nitrogens with one attached hydrogen (secondary N) is 1. The van der Waals surface area contributed by atoms with E-state index >= 15 is 0 Å². The maximum atomic E-state index is 12.1. The lowest BCUT2D eigenvalue weighted by atomic mass is 10.4. The number of sulfonamides is 1. The van der Waals surface area contributed by atoms with Gasteiger partial charge >= 0.3 is 5.97 Å². The highest BCUT2D eigenvalue weighted by molar-refractivity contribution is 9.11. The van der Waals surface area contributed by atoms with Crippen molar-refractivity contribution in [1.82, 2.24) is 4.98 Å². The third-order valence-electron chi connectivity index (χ3n) is 2.07. The van der Waals surface area contributed by atoms with Crippen molar-refractivity contribution in [3.63, 3.8) is 0 Å². The molecule has 0 saturated heterocycles. The van der Waals surface area contributed by atoms with Crippen LogP contribution in [-0.4, -0.2) is 24.5 Å². The summed E-state index contributed by atoms with van der Waals surface area (Å²) in [5.41, 5.74) is 0.303. The number of aromatic nitrogens is 1. The number of halogens is 1. The molecule has 0 amide bonds. The van der Waals surface area contributed by atoms with Crippen molar-refractivity contribution in [2.75, 3.05) is 4.72 Å². The van der Waals surface area contributed by atoms with E-state index in [-0.39, 0.29) is 13.6 Å². The summed E-state index contributed by atoms with van der Waals surface area (Å²) >= 11 is 3.90. The first-order valence-corrected chi connectivity index (χ1v) is 7.95. The summed E-state index contributed by atoms with van der Waals surface area (Å²) in [7, 11) is -3.85. The lowest BCUT2D eigenvalue weighted by Gasteiger charge is -2.05. The molecule has 100 valence electrons. The molecule has 0 spiro atoms. The van der Waals surface area contributed by atoms with Gasteiger partial charge in [-0.25, -0.2) is 13.2 Å². The maximum Gasteiger partial charge on any atom is 0.345 e. The van der Waals surface area contributed by atoms with Crippen molar-refractivity contribution in [1.29, 1.82) is 0 Å². The molecule has 0 unspecified atom stereocenters. The summed E-state index contributed by atoms with van der Waals surface area (Å²) < 4.78 is 26.8. The summed E-state index contributed by atoms with van der Waals surface area (Å²) in [5.74, 6) is -1.17. The van der Waals surface area contributed by atoms with Crippen LogP contribution in [0, 0.1) is 0 Å². The molecule has 2 rings (SSSR count). The minimum atomic E-state index is -3.85. The van der Waals surface area contributed by atoms with Gasteiger partial charge in [0.15, 0.2) is 0 Å². The lowest BCUT2D eigenvalue weighted by Crippen LogP contribution is -2.12. The molecule has 9 heteroatoms. The molecule has 19 heavy (non-hydrogen) atoms. The zero-order chi connectivity index (χ0) is 14.0. The Hall–Kier alpha value is -1.45. The zero-order valence-electron chi connectivity index (χ0n) is 9.20. The predicted molar refractivity (Wildman–Crippen MR) is 74.0 cm³/mol. The summed E-state index contributed by atoms with van der Waals surface area (Å²) in [6.45, 7) is 0. The predicted octanol–water partition coefficient (Wildman–Crippen LogP) is 2.40. The molecule has 0 aliphatic carbocycles. The maximum absolute atomic E-state index is 12.1. The van der Waals surface area contributed by atoms with E-state index in [9.17, 15) is 13.2 Å². The second-order valence-corrected chi connectivity index (χ2v) is 7.42. The Kier molecular flexibility index (Phi) is 3.88. The van der Waals surface area contributed by atoms with E-state index in [1.807, 2.05) is 0 Å². The van der Waals surface area contributed by atoms with Gasteiger partial charge in [0, 0.05) is 6.20 Å². The smallest absolute Gasteiger partial charge is 0.345 e. The van der Waals surface area contributed by atoms with Gasteiger partial charge in [0.25, 0.3) is 10.0 Å². The van der Waals surface area contributed by atoms with Gasteiger partial charge in [-0.1, -0.05) is 0 Å². The minimum absolute atomic E-state index is 0.0570. The molecule has 0 aliphatic heterocycles. The van der Waals surface area contributed by atoms with Crippen LogP contribution in [0.4, 0.5) is 5.69 Å². The van der Waals surface area contributed by atoms with Crippen LogP contribution >= 0.6 is 27.3 Å². The van der Waals surface area contributed by atoms with Crippen LogP contribution in [0.25, 0.3) is 0 Å². The highest BCUT2D eigenvalue weighted by atomic mass is 79.9. The fourth-order valence-electron chi connectivity index (χ4n) is 1.27. The first-order chi connectivity index (χ1) is 8.90. The third-order valence-corrected chi connectivity index (χ3v) is 5.69. The topological polar surface area (TPSA) is 96.4 Å². The van der Waals surface area contributed by atoms with E-state index in [1.54, 1.807) is 12.1 Å². The Balaban J connectivity index is 2.37. The van der Waals surface area contributed by atoms with Gasteiger partial charge in [0.2, 0.25) is 0 Å². The average molecular weight is 363 g/mol. The molecule has 0 aliphatic rings. The molecule has 0 fully saturated rings.